The molecule has 1 heterocycles. The lowest BCUT2D eigenvalue weighted by atomic mass is 9.72. The van der Waals surface area contributed by atoms with Gasteiger partial charge < -0.3 is 9.72 Å². The Morgan fingerprint density at radius 1 is 1.04 bits per heavy atom. The Bertz CT molecular complexity index is 929. The van der Waals surface area contributed by atoms with Gasteiger partial charge in [0, 0.05) is 23.5 Å². The van der Waals surface area contributed by atoms with Crippen molar-refractivity contribution in [3.8, 4) is 0 Å². The molecule has 1 aromatic heterocycles. The molecule has 0 radical (unpaired) electrons. The number of aryl methyl sites for hydroxylation is 1. The molecule has 0 fully saturated rings. The number of carbonyl (C=O) groups is 2. The Labute approximate surface area is 159 Å². The molecule has 0 aliphatic heterocycles. The summed E-state index contributed by atoms with van der Waals surface area (Å²) in [6.07, 6.45) is 3.18. The maximum absolute atomic E-state index is 13.2. The van der Waals surface area contributed by atoms with E-state index in [1.54, 1.807) is 6.92 Å². The summed E-state index contributed by atoms with van der Waals surface area (Å²) in [5.41, 5.74) is 1.92. The summed E-state index contributed by atoms with van der Waals surface area (Å²) in [5, 5.41) is 0.958. The number of ketones is 1. The number of hydrogen-bond acceptors (Lipinski definition) is 3. The summed E-state index contributed by atoms with van der Waals surface area (Å²) in [6.45, 7) is 3.61. The number of rotatable bonds is 8. The summed E-state index contributed by atoms with van der Waals surface area (Å²) in [7, 11) is 0. The first-order chi connectivity index (χ1) is 13.1. The summed E-state index contributed by atoms with van der Waals surface area (Å²) < 4.78 is 5.46. The predicted molar refractivity (Wildman–Crippen MR) is 107 cm³/mol. The number of para-hydroxylation sites is 1. The van der Waals surface area contributed by atoms with Crippen molar-refractivity contribution in [3.05, 3.63) is 71.9 Å². The van der Waals surface area contributed by atoms with Gasteiger partial charge in [-0.3, -0.25) is 9.59 Å². The first-order valence-corrected chi connectivity index (χ1v) is 9.34. The Kier molecular flexibility index (Phi) is 5.75. The number of esters is 1. The molecule has 0 bridgehead atoms. The molecule has 140 valence electrons. The van der Waals surface area contributed by atoms with Crippen LogP contribution in [0.3, 0.4) is 0 Å². The molecule has 0 unspecified atom stereocenters. The summed E-state index contributed by atoms with van der Waals surface area (Å²) in [4.78, 5) is 28.6. The Morgan fingerprint density at radius 2 is 1.74 bits per heavy atom. The number of carbonyl (C=O) groups excluding carboxylic acids is 2. The number of fused-ring (bicyclic) bond motifs is 1. The molecule has 0 saturated heterocycles. The van der Waals surface area contributed by atoms with Gasteiger partial charge in [-0.2, -0.15) is 0 Å². The van der Waals surface area contributed by atoms with E-state index in [9.17, 15) is 9.59 Å². The maximum Gasteiger partial charge on any atom is 0.317 e. The summed E-state index contributed by atoms with van der Waals surface area (Å²) in [5.74, 6) is -0.359. The summed E-state index contributed by atoms with van der Waals surface area (Å²) >= 11 is 0. The van der Waals surface area contributed by atoms with Crippen LogP contribution in [0.1, 0.15) is 37.8 Å². The second kappa shape index (κ2) is 8.21. The van der Waals surface area contributed by atoms with Crippen LogP contribution in [0.15, 0.2) is 60.8 Å². The zero-order valence-corrected chi connectivity index (χ0v) is 15.8. The maximum atomic E-state index is 13.2. The Morgan fingerprint density at radius 3 is 2.44 bits per heavy atom. The third-order valence-electron chi connectivity index (χ3n) is 5.00. The highest BCUT2D eigenvalue weighted by Gasteiger charge is 2.44. The molecule has 2 aromatic carbocycles. The van der Waals surface area contributed by atoms with Gasteiger partial charge in [-0.15, -0.1) is 0 Å². The van der Waals surface area contributed by atoms with E-state index >= 15 is 0 Å². The van der Waals surface area contributed by atoms with Crippen molar-refractivity contribution in [1.29, 1.82) is 0 Å². The van der Waals surface area contributed by atoms with Crippen molar-refractivity contribution >= 4 is 22.7 Å². The lowest BCUT2D eigenvalue weighted by Gasteiger charge is -2.31. The van der Waals surface area contributed by atoms with Crippen molar-refractivity contribution in [2.24, 2.45) is 0 Å². The van der Waals surface area contributed by atoms with Gasteiger partial charge in [0.1, 0.15) is 11.2 Å². The number of hydrogen-bond donors (Lipinski definition) is 1. The second-order valence-corrected chi connectivity index (χ2v) is 6.91. The number of aromatic nitrogens is 1. The topological polar surface area (TPSA) is 59.2 Å². The van der Waals surface area contributed by atoms with Gasteiger partial charge in [-0.05, 0) is 43.9 Å². The fourth-order valence-corrected chi connectivity index (χ4v) is 3.77. The van der Waals surface area contributed by atoms with Crippen LogP contribution in [0, 0.1) is 0 Å². The molecule has 0 aliphatic rings. The zero-order chi connectivity index (χ0) is 19.3. The van der Waals surface area contributed by atoms with Gasteiger partial charge in [-0.1, -0.05) is 48.5 Å². The van der Waals surface area contributed by atoms with E-state index in [1.165, 1.54) is 6.92 Å². The smallest absolute Gasteiger partial charge is 0.317 e. The van der Waals surface area contributed by atoms with Gasteiger partial charge in [0.15, 0.2) is 0 Å². The minimum Gasteiger partial charge on any atom is -0.465 e. The molecule has 0 saturated carbocycles. The van der Waals surface area contributed by atoms with Crippen LogP contribution < -0.4 is 0 Å². The molecule has 4 heteroatoms. The molecule has 4 nitrogen and oxygen atoms in total. The first-order valence-electron chi connectivity index (χ1n) is 9.34. The van der Waals surface area contributed by atoms with Crippen molar-refractivity contribution in [1.82, 2.24) is 4.98 Å². The van der Waals surface area contributed by atoms with E-state index in [0.29, 0.717) is 12.8 Å². The molecule has 27 heavy (non-hydrogen) atoms. The lowest BCUT2D eigenvalue weighted by Crippen LogP contribution is -2.40. The van der Waals surface area contributed by atoms with Crippen LogP contribution >= 0.6 is 0 Å². The summed E-state index contributed by atoms with van der Waals surface area (Å²) in [6, 6.07) is 17.9. The largest absolute Gasteiger partial charge is 0.465 e. The SMILES string of the molecule is CCOC(=O)[C@@](CCc1ccccc1)(CC(C)=O)c1c[nH]c2ccccc12. The van der Waals surface area contributed by atoms with Crippen LogP contribution in [-0.2, 0) is 26.2 Å². The third kappa shape index (κ3) is 3.95. The number of Topliss-reactive ketones (excluding diaryl/α,β-unsaturated/α-hetero) is 1. The van der Waals surface area contributed by atoms with E-state index in [1.807, 2.05) is 60.8 Å². The molecular formula is C23H25NO3. The molecule has 0 aliphatic carbocycles. The van der Waals surface area contributed by atoms with E-state index in [4.69, 9.17) is 4.74 Å². The number of nitrogens with one attached hydrogen (secondary N) is 1. The average molecular weight is 363 g/mol. The number of H-pyrrole nitrogens is 1. The minimum atomic E-state index is -1.00. The van der Waals surface area contributed by atoms with Gasteiger partial charge in [0.05, 0.1) is 6.61 Å². The molecule has 1 N–H and O–H groups in total. The minimum absolute atomic E-state index is 0.0265. The zero-order valence-electron chi connectivity index (χ0n) is 15.8. The van der Waals surface area contributed by atoms with Crippen LogP contribution in [-0.4, -0.2) is 23.3 Å². The molecule has 1 atom stereocenters. The molecule has 0 spiro atoms. The van der Waals surface area contributed by atoms with Gasteiger partial charge in [-0.25, -0.2) is 0 Å². The van der Waals surface area contributed by atoms with Crippen LogP contribution in [0.5, 0.6) is 0 Å². The van der Waals surface area contributed by atoms with E-state index < -0.39 is 5.41 Å². The quantitative estimate of drug-likeness (QED) is 0.596. The third-order valence-corrected chi connectivity index (χ3v) is 5.00. The average Bonchev–Trinajstić information content (AvgIpc) is 3.10. The van der Waals surface area contributed by atoms with Crippen LogP contribution in [0.2, 0.25) is 0 Å². The number of ether oxygens (including phenoxy) is 1. The van der Waals surface area contributed by atoms with Crippen LogP contribution in [0.4, 0.5) is 0 Å². The van der Waals surface area contributed by atoms with Crippen molar-refractivity contribution in [2.75, 3.05) is 6.61 Å². The predicted octanol–water partition coefficient (Wildman–Crippen LogP) is 4.58. The fourth-order valence-electron chi connectivity index (χ4n) is 3.77. The van der Waals surface area contributed by atoms with E-state index in [-0.39, 0.29) is 24.8 Å². The highest BCUT2D eigenvalue weighted by Crippen LogP contribution is 2.39. The Balaban J connectivity index is 2.10. The van der Waals surface area contributed by atoms with Gasteiger partial charge in [0.25, 0.3) is 0 Å². The normalized spacial score (nSPS) is 13.3. The first kappa shape index (κ1) is 18.9. The lowest BCUT2D eigenvalue weighted by molar-refractivity contribution is -0.152. The number of benzene rings is 2. The standard InChI is InChI=1S/C23H25NO3/c1-3-27-22(26)23(15-17(2)25,14-13-18-9-5-4-6-10-18)20-16-24-21-12-8-7-11-19(20)21/h4-12,16,24H,3,13-15H2,1-2H3/t23-/m0/s1. The fraction of sp³-hybridized carbons (Fsp3) is 0.304. The van der Waals surface area contributed by atoms with Gasteiger partial charge in [0.2, 0.25) is 0 Å². The highest BCUT2D eigenvalue weighted by atomic mass is 16.5. The molecular weight excluding hydrogens is 338 g/mol. The number of aromatic amines is 1. The molecule has 3 rings (SSSR count). The van der Waals surface area contributed by atoms with E-state index in [0.717, 1.165) is 22.0 Å². The molecule has 0 amide bonds. The van der Waals surface area contributed by atoms with Crippen molar-refractivity contribution in [2.45, 2.75) is 38.5 Å². The van der Waals surface area contributed by atoms with E-state index in [2.05, 4.69) is 4.98 Å². The van der Waals surface area contributed by atoms with Crippen molar-refractivity contribution in [3.63, 3.8) is 0 Å². The van der Waals surface area contributed by atoms with Gasteiger partial charge >= 0.3 is 5.97 Å². The monoisotopic (exact) mass is 363 g/mol. The van der Waals surface area contributed by atoms with Crippen LogP contribution in [0.25, 0.3) is 10.9 Å². The second-order valence-electron chi connectivity index (χ2n) is 6.91. The Hall–Kier alpha value is -2.88. The molecule has 3 aromatic rings. The highest BCUT2D eigenvalue weighted by molar-refractivity contribution is 5.96. The van der Waals surface area contributed by atoms with Crippen molar-refractivity contribution < 1.29 is 14.3 Å².